The maximum atomic E-state index is 4.54. The lowest BCUT2D eigenvalue weighted by Gasteiger charge is -2.17. The monoisotopic (exact) mass is 328 g/mol. The molecule has 0 saturated carbocycles. The van der Waals surface area contributed by atoms with Crippen molar-refractivity contribution in [1.82, 2.24) is 9.97 Å². The Morgan fingerprint density at radius 2 is 1.05 bits per heavy atom. The van der Waals surface area contributed by atoms with E-state index in [-0.39, 0.29) is 0 Å². The highest BCUT2D eigenvalue weighted by atomic mass is 28.3. The lowest BCUT2D eigenvalue weighted by atomic mass is 10.1. The summed E-state index contributed by atoms with van der Waals surface area (Å²) >= 11 is 0. The molecule has 2 nitrogen and oxygen atoms in total. The van der Waals surface area contributed by atoms with E-state index >= 15 is 0 Å². The summed E-state index contributed by atoms with van der Waals surface area (Å²) in [4.78, 5) is 9.08. The molecule has 0 amide bonds. The fraction of sp³-hybridized carbons (Fsp3) is 0.444. The maximum absolute atomic E-state index is 4.54. The van der Waals surface area contributed by atoms with Crippen LogP contribution in [0.15, 0.2) is 36.7 Å². The summed E-state index contributed by atoms with van der Waals surface area (Å²) in [6.45, 7) is 14.4. The van der Waals surface area contributed by atoms with Crippen molar-refractivity contribution in [2.24, 2.45) is 0 Å². The van der Waals surface area contributed by atoms with E-state index in [4.69, 9.17) is 0 Å². The van der Waals surface area contributed by atoms with Gasteiger partial charge in [-0.1, -0.05) is 39.3 Å². The second-order valence-electron chi connectivity index (χ2n) is 8.57. The third kappa shape index (κ3) is 5.50. The summed E-state index contributed by atoms with van der Waals surface area (Å²) in [7, 11) is -2.21. The van der Waals surface area contributed by atoms with Gasteiger partial charge in [-0.15, -0.1) is 0 Å². The van der Waals surface area contributed by atoms with Crippen LogP contribution in [0, 0.1) is 0 Å². The first-order valence-electron chi connectivity index (χ1n) is 8.03. The molecule has 0 N–H and O–H groups in total. The van der Waals surface area contributed by atoms with E-state index in [9.17, 15) is 0 Å². The minimum Gasteiger partial charge on any atom is -0.255 e. The van der Waals surface area contributed by atoms with E-state index in [0.717, 1.165) is 11.4 Å². The van der Waals surface area contributed by atoms with E-state index in [1.54, 1.807) is 0 Å². The van der Waals surface area contributed by atoms with Crippen molar-refractivity contribution in [2.75, 3.05) is 0 Å². The molecule has 0 atom stereocenters. The standard InChI is InChI=1S/C18H28N2Si2/c1-21(2,3)13-15-7-9-19-17(11-15)18-12-16(8-10-20-18)14-22(4,5)6/h7-12H,13-14H2,1-6H3. The highest BCUT2D eigenvalue weighted by Gasteiger charge is 2.16. The topological polar surface area (TPSA) is 25.8 Å². The van der Waals surface area contributed by atoms with Crippen molar-refractivity contribution in [1.29, 1.82) is 0 Å². The average Bonchev–Trinajstić information content (AvgIpc) is 2.35. The molecule has 0 aromatic carbocycles. The Hall–Kier alpha value is -1.27. The Kier molecular flexibility index (Phi) is 5.02. The predicted octanol–water partition coefficient (Wildman–Crippen LogP) is 4.98. The molecule has 0 aliphatic rings. The Labute approximate surface area is 137 Å². The van der Waals surface area contributed by atoms with Crippen LogP contribution in [0.5, 0.6) is 0 Å². The van der Waals surface area contributed by atoms with Crippen LogP contribution in [-0.2, 0) is 12.1 Å². The number of nitrogens with zero attached hydrogens (tertiary/aromatic N) is 2. The van der Waals surface area contributed by atoms with E-state index < -0.39 is 16.1 Å². The molecule has 2 aromatic rings. The first-order valence-corrected chi connectivity index (χ1v) is 15.4. The lowest BCUT2D eigenvalue weighted by Crippen LogP contribution is -2.24. The van der Waals surface area contributed by atoms with Crippen LogP contribution in [0.25, 0.3) is 11.4 Å². The van der Waals surface area contributed by atoms with Gasteiger partial charge in [0.15, 0.2) is 0 Å². The molecule has 0 unspecified atom stereocenters. The minimum atomic E-state index is -1.11. The van der Waals surface area contributed by atoms with Gasteiger partial charge in [-0.3, -0.25) is 9.97 Å². The molecule has 0 fully saturated rings. The molecule has 2 rings (SSSR count). The second-order valence-corrected chi connectivity index (χ2v) is 19.5. The van der Waals surface area contributed by atoms with E-state index in [0.29, 0.717) is 0 Å². The van der Waals surface area contributed by atoms with E-state index in [1.165, 1.54) is 23.2 Å². The Morgan fingerprint density at radius 3 is 1.36 bits per heavy atom. The molecule has 2 heterocycles. The summed E-state index contributed by atoms with van der Waals surface area (Å²) in [6.07, 6.45) is 3.86. The Bertz CT molecular complexity index is 583. The van der Waals surface area contributed by atoms with Crippen molar-refractivity contribution < 1.29 is 0 Å². The van der Waals surface area contributed by atoms with Crippen LogP contribution in [0.3, 0.4) is 0 Å². The molecule has 0 spiro atoms. The lowest BCUT2D eigenvalue weighted by molar-refractivity contribution is 1.18. The fourth-order valence-corrected chi connectivity index (χ4v) is 5.56. The normalized spacial score (nSPS) is 12.5. The van der Waals surface area contributed by atoms with Crippen LogP contribution in [-0.4, -0.2) is 26.1 Å². The zero-order valence-electron chi connectivity index (χ0n) is 14.8. The average molecular weight is 329 g/mol. The van der Waals surface area contributed by atoms with Crippen LogP contribution in [0.4, 0.5) is 0 Å². The van der Waals surface area contributed by atoms with Crippen LogP contribution in [0.1, 0.15) is 11.1 Å². The number of hydrogen-bond donors (Lipinski definition) is 0. The summed E-state index contributed by atoms with van der Waals surface area (Å²) in [5.74, 6) is 0. The van der Waals surface area contributed by atoms with Gasteiger partial charge in [0.2, 0.25) is 0 Å². The summed E-state index contributed by atoms with van der Waals surface area (Å²) < 4.78 is 0. The second kappa shape index (κ2) is 6.46. The molecule has 0 radical (unpaired) electrons. The molecule has 2 aromatic heterocycles. The zero-order valence-corrected chi connectivity index (χ0v) is 16.8. The predicted molar refractivity (Wildman–Crippen MR) is 102 cm³/mol. The molecule has 0 bridgehead atoms. The van der Waals surface area contributed by atoms with Crippen molar-refractivity contribution in [3.63, 3.8) is 0 Å². The largest absolute Gasteiger partial charge is 0.255 e. The zero-order chi connectivity index (χ0) is 16.4. The summed E-state index contributed by atoms with van der Waals surface area (Å²) in [5.41, 5.74) is 4.80. The molecule has 0 aliphatic carbocycles. The van der Waals surface area contributed by atoms with Crippen molar-refractivity contribution in [3.8, 4) is 11.4 Å². The van der Waals surface area contributed by atoms with Gasteiger partial charge in [0.05, 0.1) is 11.4 Å². The number of aromatic nitrogens is 2. The molecule has 0 saturated heterocycles. The summed E-state index contributed by atoms with van der Waals surface area (Å²) in [6, 6.07) is 11.1. The first-order chi connectivity index (χ1) is 10.1. The van der Waals surface area contributed by atoms with Crippen LogP contribution in [0.2, 0.25) is 39.3 Å². The highest BCUT2D eigenvalue weighted by Crippen LogP contribution is 2.20. The van der Waals surface area contributed by atoms with Gasteiger partial charge in [-0.25, -0.2) is 0 Å². The van der Waals surface area contributed by atoms with Gasteiger partial charge in [0, 0.05) is 28.5 Å². The molecule has 0 aliphatic heterocycles. The van der Waals surface area contributed by atoms with Gasteiger partial charge >= 0.3 is 0 Å². The van der Waals surface area contributed by atoms with Gasteiger partial charge in [0.25, 0.3) is 0 Å². The van der Waals surface area contributed by atoms with Gasteiger partial charge < -0.3 is 0 Å². The Morgan fingerprint density at radius 1 is 0.682 bits per heavy atom. The van der Waals surface area contributed by atoms with E-state index in [1.807, 2.05) is 12.4 Å². The number of hydrogen-bond acceptors (Lipinski definition) is 2. The minimum absolute atomic E-state index is 1.01. The van der Waals surface area contributed by atoms with Crippen LogP contribution >= 0.6 is 0 Å². The Balaban J connectivity index is 2.28. The molecule has 118 valence electrons. The molecular formula is C18H28N2Si2. The first kappa shape index (κ1) is 17.1. The number of rotatable bonds is 5. The van der Waals surface area contributed by atoms with Gasteiger partial charge in [-0.05, 0) is 47.5 Å². The third-order valence-corrected chi connectivity index (χ3v) is 6.32. The van der Waals surface area contributed by atoms with Crippen molar-refractivity contribution >= 4 is 16.1 Å². The van der Waals surface area contributed by atoms with Crippen molar-refractivity contribution in [3.05, 3.63) is 47.8 Å². The summed E-state index contributed by atoms with van der Waals surface area (Å²) in [5, 5.41) is 0. The van der Waals surface area contributed by atoms with Crippen LogP contribution < -0.4 is 0 Å². The molecular weight excluding hydrogens is 300 g/mol. The van der Waals surface area contributed by atoms with Gasteiger partial charge in [-0.2, -0.15) is 0 Å². The van der Waals surface area contributed by atoms with E-state index in [2.05, 4.69) is 73.5 Å². The van der Waals surface area contributed by atoms with Gasteiger partial charge in [0.1, 0.15) is 0 Å². The maximum Gasteiger partial charge on any atom is 0.0888 e. The third-order valence-electron chi connectivity index (χ3n) is 3.38. The highest BCUT2D eigenvalue weighted by molar-refractivity contribution is 6.75. The SMILES string of the molecule is C[Si](C)(C)Cc1ccnc(-c2cc(C[Si](C)(C)C)ccn2)c1. The van der Waals surface area contributed by atoms with Crippen molar-refractivity contribution in [2.45, 2.75) is 51.4 Å². The molecule has 4 heteroatoms. The fourth-order valence-electron chi connectivity index (χ4n) is 2.67. The number of pyridine rings is 2. The molecule has 22 heavy (non-hydrogen) atoms. The smallest absolute Gasteiger partial charge is 0.0888 e. The quantitative estimate of drug-likeness (QED) is 0.723.